The normalized spacial score (nSPS) is 12.0. The van der Waals surface area contributed by atoms with Gasteiger partial charge in [-0.2, -0.15) is 0 Å². The van der Waals surface area contributed by atoms with Crippen LogP contribution in [0, 0.1) is 5.82 Å². The Hall–Kier alpha value is -2.94. The third-order valence-electron chi connectivity index (χ3n) is 3.53. The van der Waals surface area contributed by atoms with Crippen LogP contribution in [0.15, 0.2) is 36.7 Å². The molecule has 0 saturated heterocycles. The number of hydrogen-bond acceptors (Lipinski definition) is 6. The van der Waals surface area contributed by atoms with Crippen molar-refractivity contribution in [2.24, 2.45) is 0 Å². The molecule has 0 aliphatic rings. The Balaban J connectivity index is 2.10. The molecule has 3 rings (SSSR count). The molecule has 0 unspecified atom stereocenters. The maximum absolute atomic E-state index is 13.2. The highest BCUT2D eigenvalue weighted by molar-refractivity contribution is 8.02. The van der Waals surface area contributed by atoms with Crippen molar-refractivity contribution in [1.29, 1.82) is 0 Å². The zero-order valence-electron chi connectivity index (χ0n) is 14.4. The van der Waals surface area contributed by atoms with Gasteiger partial charge in [-0.05, 0) is 28.3 Å². The monoisotopic (exact) mass is 378 g/mol. The number of aromatic hydroxyl groups is 1. The fraction of sp³-hybridized carbons (Fsp3) is 0.176. The number of fused-ring (bicyclic) bond motifs is 1. The third-order valence-corrected chi connectivity index (χ3v) is 4.33. The van der Waals surface area contributed by atoms with E-state index in [0.717, 1.165) is 6.07 Å². The average molecular weight is 378 g/mol. The molecule has 1 heterocycles. The molecule has 3 aromatic rings. The van der Waals surface area contributed by atoms with E-state index in [1.54, 1.807) is 24.6 Å². The van der Waals surface area contributed by atoms with Crippen LogP contribution in [0.4, 0.5) is 21.6 Å². The molecule has 0 atom stereocenters. The van der Waals surface area contributed by atoms with Crippen LogP contribution in [0.5, 0.6) is 11.5 Å². The molecule has 0 fully saturated rings. The molecule has 2 aromatic carbocycles. The molecule has 138 valence electrons. The van der Waals surface area contributed by atoms with E-state index in [9.17, 15) is 13.7 Å². The van der Waals surface area contributed by atoms with Gasteiger partial charge in [0.2, 0.25) is 0 Å². The van der Waals surface area contributed by atoms with E-state index in [2.05, 4.69) is 20.0 Å². The number of phenols is 1. The summed E-state index contributed by atoms with van der Waals surface area (Å²) >= 11 is 0. The van der Waals surface area contributed by atoms with Crippen molar-refractivity contribution in [3.63, 3.8) is 0 Å². The van der Waals surface area contributed by atoms with Crippen molar-refractivity contribution in [1.82, 2.24) is 9.97 Å². The fourth-order valence-electron chi connectivity index (χ4n) is 2.52. The zero-order valence-corrected chi connectivity index (χ0v) is 15.3. The first-order chi connectivity index (χ1) is 12.3. The van der Waals surface area contributed by atoms with Gasteiger partial charge >= 0.3 is 0 Å². The molecule has 0 amide bonds. The molecular formula is C17H19FN4O3S. The Bertz CT molecular complexity index is 1020. The third kappa shape index (κ3) is 3.83. The number of halogens is 1. The first-order valence-electron chi connectivity index (χ1n) is 7.68. The van der Waals surface area contributed by atoms with Gasteiger partial charge in [-0.1, -0.05) is 0 Å². The molecule has 1 aromatic heterocycles. The van der Waals surface area contributed by atoms with Crippen LogP contribution in [0.1, 0.15) is 0 Å². The second-order valence-electron chi connectivity index (χ2n) is 6.04. The molecule has 0 aliphatic heterocycles. The lowest BCUT2D eigenvalue weighted by Crippen LogP contribution is -2.17. The van der Waals surface area contributed by atoms with E-state index < -0.39 is 15.9 Å². The summed E-state index contributed by atoms with van der Waals surface area (Å²) in [4.78, 5) is 8.43. The van der Waals surface area contributed by atoms with Gasteiger partial charge < -0.3 is 19.9 Å². The predicted octanol–water partition coefficient (Wildman–Crippen LogP) is 2.83. The van der Waals surface area contributed by atoms with Crippen LogP contribution in [0.25, 0.3) is 10.9 Å². The van der Waals surface area contributed by atoms with Crippen molar-refractivity contribution in [2.45, 2.75) is 0 Å². The van der Waals surface area contributed by atoms with Gasteiger partial charge in [-0.3, -0.25) is 4.21 Å². The number of phenolic OH excluding ortho intramolecular Hbond substituents is 1. The molecule has 0 bridgehead atoms. The van der Waals surface area contributed by atoms with Crippen LogP contribution >= 0.6 is 0 Å². The summed E-state index contributed by atoms with van der Waals surface area (Å²) in [6.45, 7) is 0. The predicted molar refractivity (Wildman–Crippen MR) is 102 cm³/mol. The van der Waals surface area contributed by atoms with Crippen molar-refractivity contribution in [2.75, 3.05) is 29.7 Å². The summed E-state index contributed by atoms with van der Waals surface area (Å²) in [5.74, 6) is 0.0593. The standard InChI is InChI=1S/C17H19FN4O3S/c1-25-15-8-11(22-26(2,3)24)7-13-16(15)17(20-9-19-13)21-12-5-4-10(18)6-14(12)23/h4-9,23,26H,1-3H3,(H,22,24)(H,19,20,21). The Morgan fingerprint density at radius 1 is 1.19 bits per heavy atom. The summed E-state index contributed by atoms with van der Waals surface area (Å²) in [5, 5.41) is 13.4. The number of nitrogens with one attached hydrogen (secondary N) is 2. The Morgan fingerprint density at radius 3 is 2.62 bits per heavy atom. The molecule has 0 spiro atoms. The number of rotatable bonds is 5. The molecule has 26 heavy (non-hydrogen) atoms. The largest absolute Gasteiger partial charge is 0.506 e. The van der Waals surface area contributed by atoms with Crippen LogP contribution in [0.2, 0.25) is 0 Å². The summed E-state index contributed by atoms with van der Waals surface area (Å²) in [5.41, 5.74) is 1.46. The Morgan fingerprint density at radius 2 is 1.96 bits per heavy atom. The number of nitrogens with zero attached hydrogens (tertiary/aromatic N) is 2. The number of aromatic nitrogens is 2. The number of ether oxygens (including phenoxy) is 1. The van der Waals surface area contributed by atoms with Gasteiger partial charge in [0.1, 0.15) is 29.5 Å². The summed E-state index contributed by atoms with van der Waals surface area (Å²) < 4.78 is 33.6. The van der Waals surface area contributed by atoms with Gasteiger partial charge in [0, 0.05) is 24.6 Å². The molecule has 0 radical (unpaired) electrons. The summed E-state index contributed by atoms with van der Waals surface area (Å²) in [6, 6.07) is 7.07. The molecule has 7 nitrogen and oxygen atoms in total. The fourth-order valence-corrected chi connectivity index (χ4v) is 3.27. The van der Waals surface area contributed by atoms with Crippen molar-refractivity contribution in [3.05, 3.63) is 42.5 Å². The Kier molecular flexibility index (Phi) is 4.64. The summed E-state index contributed by atoms with van der Waals surface area (Å²) in [6.07, 6.45) is 4.59. The average Bonchev–Trinajstić information content (AvgIpc) is 2.55. The van der Waals surface area contributed by atoms with Crippen molar-refractivity contribution in [3.8, 4) is 11.5 Å². The van der Waals surface area contributed by atoms with Gasteiger partial charge in [0.05, 0.1) is 29.4 Å². The molecule has 0 aliphatic carbocycles. The van der Waals surface area contributed by atoms with Crippen LogP contribution in [0.3, 0.4) is 0 Å². The van der Waals surface area contributed by atoms with E-state index >= 15 is 0 Å². The highest BCUT2D eigenvalue weighted by Gasteiger charge is 2.14. The lowest BCUT2D eigenvalue weighted by atomic mass is 10.2. The van der Waals surface area contributed by atoms with Crippen LogP contribution in [-0.4, -0.2) is 38.9 Å². The minimum Gasteiger partial charge on any atom is -0.506 e. The van der Waals surface area contributed by atoms with E-state index in [1.807, 2.05) is 0 Å². The Labute approximate surface area is 150 Å². The second kappa shape index (κ2) is 6.75. The van der Waals surface area contributed by atoms with Gasteiger partial charge in [0.25, 0.3) is 0 Å². The highest BCUT2D eigenvalue weighted by atomic mass is 32.3. The van der Waals surface area contributed by atoms with Gasteiger partial charge in [0.15, 0.2) is 0 Å². The van der Waals surface area contributed by atoms with Crippen molar-refractivity contribution < 1.29 is 18.4 Å². The number of hydrogen-bond donors (Lipinski definition) is 4. The first kappa shape index (κ1) is 17.9. The van der Waals surface area contributed by atoms with Crippen molar-refractivity contribution >= 4 is 38.2 Å². The van der Waals surface area contributed by atoms with Crippen LogP contribution in [-0.2, 0) is 10.1 Å². The molecule has 3 N–H and O–H groups in total. The molecule has 9 heteroatoms. The van der Waals surface area contributed by atoms with Crippen LogP contribution < -0.4 is 14.8 Å². The maximum Gasteiger partial charge on any atom is 0.145 e. The van der Waals surface area contributed by atoms with E-state index in [1.165, 1.54) is 25.6 Å². The lowest BCUT2D eigenvalue weighted by molar-refractivity contribution is 0.420. The van der Waals surface area contributed by atoms with E-state index in [4.69, 9.17) is 4.74 Å². The SMILES string of the molecule is COc1cc(N[SH](C)(C)=O)cc2ncnc(Nc3ccc(F)cc3O)c12. The summed E-state index contributed by atoms with van der Waals surface area (Å²) in [7, 11) is -1.00. The maximum atomic E-state index is 13.2. The van der Waals surface area contributed by atoms with Gasteiger partial charge in [-0.15, -0.1) is 0 Å². The van der Waals surface area contributed by atoms with E-state index in [0.29, 0.717) is 33.8 Å². The zero-order chi connectivity index (χ0) is 18.9. The lowest BCUT2D eigenvalue weighted by Gasteiger charge is -2.18. The molecular weight excluding hydrogens is 359 g/mol. The smallest absolute Gasteiger partial charge is 0.145 e. The quantitative estimate of drug-likeness (QED) is 0.403. The number of benzene rings is 2. The second-order valence-corrected chi connectivity index (χ2v) is 8.97. The van der Waals surface area contributed by atoms with E-state index in [-0.39, 0.29) is 5.75 Å². The number of methoxy groups -OCH3 is 1. The van der Waals surface area contributed by atoms with Gasteiger partial charge in [-0.25, -0.2) is 14.4 Å². The topological polar surface area (TPSA) is 96.4 Å². The minimum atomic E-state index is -2.51. The highest BCUT2D eigenvalue weighted by Crippen LogP contribution is 2.36. The number of thiol groups is 1. The minimum absolute atomic E-state index is 0.244. The first-order valence-corrected chi connectivity index (χ1v) is 10.3. The number of anilines is 3. The molecule has 0 saturated carbocycles.